The molecule has 1 saturated heterocycles. The van der Waals surface area contributed by atoms with Gasteiger partial charge < -0.3 is 14.8 Å². The molecule has 4 rings (SSSR count). The number of aryl methyl sites for hydroxylation is 1. The number of nitro benzene ring substituents is 1. The molecule has 1 aliphatic rings. The lowest BCUT2D eigenvalue weighted by Crippen LogP contribution is -2.28. The Morgan fingerprint density at radius 2 is 1.85 bits per heavy atom. The summed E-state index contributed by atoms with van der Waals surface area (Å²) in [6, 6.07) is 9.04. The monoisotopic (exact) mass is 557 g/mol. The SMILES string of the molecule is COCCNC(=O)c1nn(-c2cccc(C)c2C)c(Oc2ccc([N+](=O)[O-])cc2S(=O)(=O)N2CCCC2)c1C. The van der Waals surface area contributed by atoms with E-state index in [0.717, 1.165) is 17.2 Å². The van der Waals surface area contributed by atoms with Gasteiger partial charge in [0.05, 0.1) is 17.2 Å². The highest BCUT2D eigenvalue weighted by Gasteiger charge is 2.33. The number of benzene rings is 2. The first-order valence-corrected chi connectivity index (χ1v) is 13.9. The molecule has 0 saturated carbocycles. The first-order valence-electron chi connectivity index (χ1n) is 12.5. The van der Waals surface area contributed by atoms with Gasteiger partial charge in [-0.15, -0.1) is 0 Å². The molecule has 1 fully saturated rings. The second-order valence-electron chi connectivity index (χ2n) is 9.26. The zero-order valence-electron chi connectivity index (χ0n) is 22.3. The van der Waals surface area contributed by atoms with Crippen LogP contribution in [0, 0.1) is 30.9 Å². The fourth-order valence-corrected chi connectivity index (χ4v) is 6.01. The van der Waals surface area contributed by atoms with Crippen LogP contribution in [0.5, 0.6) is 11.6 Å². The summed E-state index contributed by atoms with van der Waals surface area (Å²) in [6.07, 6.45) is 1.40. The molecule has 1 aromatic heterocycles. The van der Waals surface area contributed by atoms with Crippen molar-refractivity contribution >= 4 is 21.6 Å². The number of carbonyl (C=O) groups is 1. The predicted molar refractivity (Wildman–Crippen MR) is 143 cm³/mol. The summed E-state index contributed by atoms with van der Waals surface area (Å²) in [5.74, 6) is -0.437. The molecule has 2 aromatic carbocycles. The molecule has 13 heteroatoms. The van der Waals surface area contributed by atoms with Crippen LogP contribution in [-0.2, 0) is 14.8 Å². The largest absolute Gasteiger partial charge is 0.437 e. The van der Waals surface area contributed by atoms with Crippen molar-refractivity contribution < 1.29 is 27.6 Å². The molecule has 1 amide bonds. The van der Waals surface area contributed by atoms with Crippen LogP contribution in [0.15, 0.2) is 41.3 Å². The zero-order chi connectivity index (χ0) is 28.3. The Balaban J connectivity index is 1.87. The highest BCUT2D eigenvalue weighted by atomic mass is 32.2. The van der Waals surface area contributed by atoms with Gasteiger partial charge in [0.25, 0.3) is 11.6 Å². The van der Waals surface area contributed by atoms with Gasteiger partial charge in [-0.3, -0.25) is 14.9 Å². The van der Waals surface area contributed by atoms with E-state index < -0.39 is 20.9 Å². The summed E-state index contributed by atoms with van der Waals surface area (Å²) in [4.78, 5) is 23.5. The molecule has 0 aliphatic carbocycles. The highest BCUT2D eigenvalue weighted by Crippen LogP contribution is 2.38. The molecule has 3 aromatic rings. The van der Waals surface area contributed by atoms with E-state index in [1.54, 1.807) is 6.92 Å². The smallest absolute Gasteiger partial charge is 0.272 e. The van der Waals surface area contributed by atoms with Crippen molar-refractivity contribution in [1.82, 2.24) is 19.4 Å². The summed E-state index contributed by atoms with van der Waals surface area (Å²) in [7, 11) is -2.57. The molecule has 208 valence electrons. The van der Waals surface area contributed by atoms with Crippen LogP contribution in [-0.4, -0.2) is 66.7 Å². The fourth-order valence-electron chi connectivity index (χ4n) is 4.36. The second-order valence-corrected chi connectivity index (χ2v) is 11.2. The maximum atomic E-state index is 13.5. The van der Waals surface area contributed by atoms with Crippen molar-refractivity contribution in [3.63, 3.8) is 0 Å². The van der Waals surface area contributed by atoms with Crippen molar-refractivity contribution in [1.29, 1.82) is 0 Å². The topological polar surface area (TPSA) is 146 Å². The summed E-state index contributed by atoms with van der Waals surface area (Å²) < 4.78 is 41.1. The molecule has 12 nitrogen and oxygen atoms in total. The maximum Gasteiger partial charge on any atom is 0.272 e. The number of rotatable bonds is 10. The molecule has 0 atom stereocenters. The van der Waals surface area contributed by atoms with Gasteiger partial charge in [0, 0.05) is 44.4 Å². The number of hydrogen-bond acceptors (Lipinski definition) is 8. The summed E-state index contributed by atoms with van der Waals surface area (Å²) >= 11 is 0. The Morgan fingerprint density at radius 1 is 1.13 bits per heavy atom. The molecule has 0 unspecified atom stereocenters. The van der Waals surface area contributed by atoms with Gasteiger partial charge >= 0.3 is 0 Å². The molecule has 0 spiro atoms. The quantitative estimate of drug-likeness (QED) is 0.226. The molecule has 0 bridgehead atoms. The normalized spacial score (nSPS) is 13.9. The Kier molecular flexibility index (Phi) is 8.33. The number of sulfonamides is 1. The number of amides is 1. The van der Waals surface area contributed by atoms with Crippen LogP contribution in [0.4, 0.5) is 5.69 Å². The van der Waals surface area contributed by atoms with E-state index >= 15 is 0 Å². The van der Waals surface area contributed by atoms with Gasteiger partial charge in [-0.1, -0.05) is 12.1 Å². The van der Waals surface area contributed by atoms with Crippen molar-refractivity contribution in [3.05, 3.63) is 68.9 Å². The lowest BCUT2D eigenvalue weighted by molar-refractivity contribution is -0.385. The molecule has 1 aliphatic heterocycles. The van der Waals surface area contributed by atoms with Crippen molar-refractivity contribution in [2.24, 2.45) is 0 Å². The lowest BCUT2D eigenvalue weighted by Gasteiger charge is -2.19. The fraction of sp³-hybridized carbons (Fsp3) is 0.385. The zero-order valence-corrected chi connectivity index (χ0v) is 23.1. The van der Waals surface area contributed by atoms with E-state index in [0.29, 0.717) is 43.8 Å². The average Bonchev–Trinajstić information content (AvgIpc) is 3.56. The van der Waals surface area contributed by atoms with Crippen molar-refractivity contribution in [3.8, 4) is 17.3 Å². The average molecular weight is 558 g/mol. The summed E-state index contributed by atoms with van der Waals surface area (Å²) in [6.45, 7) is 6.69. The van der Waals surface area contributed by atoms with Crippen LogP contribution in [0.3, 0.4) is 0 Å². The minimum atomic E-state index is -4.09. The van der Waals surface area contributed by atoms with Crippen molar-refractivity contribution in [2.45, 2.75) is 38.5 Å². The van der Waals surface area contributed by atoms with E-state index in [1.807, 2.05) is 32.0 Å². The second kappa shape index (κ2) is 11.5. The maximum absolute atomic E-state index is 13.5. The Hall–Kier alpha value is -3.81. The van der Waals surface area contributed by atoms with Gasteiger partial charge in [-0.2, -0.15) is 14.1 Å². The Morgan fingerprint density at radius 3 is 2.51 bits per heavy atom. The first kappa shape index (κ1) is 28.2. The molecular weight excluding hydrogens is 526 g/mol. The van der Waals surface area contributed by atoms with Gasteiger partial charge in [-0.05, 0) is 56.9 Å². The number of nitro groups is 1. The third-order valence-electron chi connectivity index (χ3n) is 6.71. The highest BCUT2D eigenvalue weighted by molar-refractivity contribution is 7.89. The van der Waals surface area contributed by atoms with Crippen LogP contribution in [0.25, 0.3) is 5.69 Å². The number of nitrogens with one attached hydrogen (secondary N) is 1. The van der Waals surface area contributed by atoms with Crippen LogP contribution >= 0.6 is 0 Å². The number of non-ortho nitro benzene ring substituents is 1. The summed E-state index contributed by atoms with van der Waals surface area (Å²) in [5, 5.41) is 18.8. The number of aromatic nitrogens is 2. The Bertz CT molecular complexity index is 1510. The molecule has 2 heterocycles. The number of nitrogens with zero attached hydrogens (tertiary/aromatic N) is 4. The van der Waals surface area contributed by atoms with Crippen LogP contribution < -0.4 is 10.1 Å². The third kappa shape index (κ3) is 5.65. The molecular formula is C26H31N5O7S. The number of methoxy groups -OCH3 is 1. The van der Waals surface area contributed by atoms with Gasteiger partial charge in [0.1, 0.15) is 10.6 Å². The molecule has 1 N–H and O–H groups in total. The number of hydrogen-bond donors (Lipinski definition) is 1. The van der Waals surface area contributed by atoms with Crippen LogP contribution in [0.2, 0.25) is 0 Å². The molecule has 39 heavy (non-hydrogen) atoms. The summed E-state index contributed by atoms with van der Waals surface area (Å²) in [5.41, 5.74) is 2.57. The minimum absolute atomic E-state index is 0.0906. The Labute approximate surface area is 226 Å². The standard InChI is InChI=1S/C26H31N5O7S/c1-17-8-7-9-21(18(17)2)30-26(19(3)24(28-30)25(32)27-12-15-37-4)38-22-11-10-20(31(33)34)16-23(22)39(35,36)29-13-5-6-14-29/h7-11,16H,5-6,12-15H2,1-4H3,(H,27,32). The van der Waals surface area contributed by atoms with E-state index in [4.69, 9.17) is 9.47 Å². The van der Waals surface area contributed by atoms with E-state index in [-0.39, 0.29) is 34.5 Å². The lowest BCUT2D eigenvalue weighted by atomic mass is 10.1. The van der Waals surface area contributed by atoms with E-state index in [9.17, 15) is 23.3 Å². The molecule has 0 radical (unpaired) electrons. The van der Waals surface area contributed by atoms with Gasteiger partial charge in [0.15, 0.2) is 5.69 Å². The minimum Gasteiger partial charge on any atom is -0.437 e. The van der Waals surface area contributed by atoms with Crippen molar-refractivity contribution in [2.75, 3.05) is 33.4 Å². The third-order valence-corrected chi connectivity index (χ3v) is 8.63. The van der Waals surface area contributed by atoms with Crippen LogP contribution in [0.1, 0.15) is 40.0 Å². The van der Waals surface area contributed by atoms with Gasteiger partial charge in [0.2, 0.25) is 15.9 Å². The van der Waals surface area contributed by atoms with Gasteiger partial charge in [-0.25, -0.2) is 8.42 Å². The number of carbonyl (C=O) groups excluding carboxylic acids is 1. The number of ether oxygens (including phenoxy) is 2. The van der Waals surface area contributed by atoms with E-state index in [1.165, 1.54) is 28.2 Å². The first-order chi connectivity index (χ1) is 18.6. The predicted octanol–water partition coefficient (Wildman–Crippen LogP) is 3.66. The van der Waals surface area contributed by atoms with E-state index in [2.05, 4.69) is 10.4 Å².